The molecule has 2 N–H and O–H groups in total. The summed E-state index contributed by atoms with van der Waals surface area (Å²) in [6.45, 7) is 10.6. The maximum absolute atomic E-state index is 6.02. The van der Waals surface area contributed by atoms with E-state index in [1.807, 2.05) is 24.5 Å². The van der Waals surface area contributed by atoms with Gasteiger partial charge in [-0.25, -0.2) is 15.0 Å². The van der Waals surface area contributed by atoms with Crippen molar-refractivity contribution in [1.29, 1.82) is 0 Å². The third kappa shape index (κ3) is 7.30. The van der Waals surface area contributed by atoms with Gasteiger partial charge in [-0.1, -0.05) is 48.7 Å². The van der Waals surface area contributed by atoms with Gasteiger partial charge in [-0.2, -0.15) is 11.8 Å². The molecular formula is C26H32N6OS2. The smallest absolute Gasteiger partial charge is 0.163 e. The molecule has 0 aromatic carbocycles. The van der Waals surface area contributed by atoms with Crippen molar-refractivity contribution in [2.45, 2.75) is 18.7 Å². The van der Waals surface area contributed by atoms with Crippen LogP contribution >= 0.6 is 23.5 Å². The summed E-state index contributed by atoms with van der Waals surface area (Å²) in [6.07, 6.45) is 15.5. The number of nitrogen functional groups attached to an aromatic ring is 1. The lowest BCUT2D eigenvalue weighted by molar-refractivity contribution is 0.122. The van der Waals surface area contributed by atoms with Gasteiger partial charge in [-0.05, 0) is 37.2 Å². The van der Waals surface area contributed by atoms with Crippen molar-refractivity contribution in [2.75, 3.05) is 48.9 Å². The molecule has 0 unspecified atom stereocenters. The molecule has 1 saturated heterocycles. The summed E-state index contributed by atoms with van der Waals surface area (Å²) in [5.41, 5.74) is 9.31. The van der Waals surface area contributed by atoms with Crippen molar-refractivity contribution >= 4 is 52.6 Å². The first-order valence-electron chi connectivity index (χ1n) is 11.3. The van der Waals surface area contributed by atoms with Crippen LogP contribution in [0.2, 0.25) is 0 Å². The fourth-order valence-corrected chi connectivity index (χ4v) is 4.60. The molecule has 0 aliphatic carbocycles. The van der Waals surface area contributed by atoms with Gasteiger partial charge < -0.3 is 15.4 Å². The standard InChI is InChI=1S/C26H32N6OS2/c1-5-7-16-35-23-22(19(3)10-8-9-15-34-4)30-25(31-26(23)32-11-13-33-14-12-32)20-17-21(28-6-2)24(27)29-18-20/h5-10,16-18H,1,11-15H2,2-4H3,(H2,27,29)/b9-8+,16-7-,19-10+,28-6+. The third-order valence-electron chi connectivity index (χ3n) is 5.10. The fraction of sp³-hybridized carbons (Fsp3) is 0.308. The van der Waals surface area contributed by atoms with E-state index in [0.717, 1.165) is 46.4 Å². The van der Waals surface area contributed by atoms with Gasteiger partial charge in [0, 0.05) is 36.8 Å². The van der Waals surface area contributed by atoms with Gasteiger partial charge in [0.25, 0.3) is 0 Å². The number of aliphatic imine (C=N–C) groups is 1. The predicted octanol–water partition coefficient (Wildman–Crippen LogP) is 5.79. The normalized spacial score (nSPS) is 15.1. The van der Waals surface area contributed by atoms with E-state index in [0.29, 0.717) is 30.5 Å². The van der Waals surface area contributed by atoms with Gasteiger partial charge >= 0.3 is 0 Å². The molecule has 1 aliphatic rings. The number of allylic oxidation sites excluding steroid dienone is 5. The second-order valence-electron chi connectivity index (χ2n) is 7.58. The SMILES string of the molecule is C=C/C=C\Sc1c(/C(C)=C/C=C/CSC)nc(-c2cnc(N)c(/N=C/C)c2)nc1N1CCOCC1. The van der Waals surface area contributed by atoms with E-state index < -0.39 is 0 Å². The van der Waals surface area contributed by atoms with E-state index in [9.17, 15) is 0 Å². The number of morpholine rings is 1. The van der Waals surface area contributed by atoms with E-state index in [-0.39, 0.29) is 0 Å². The van der Waals surface area contributed by atoms with E-state index >= 15 is 0 Å². The fourth-order valence-electron chi connectivity index (χ4n) is 3.37. The molecule has 9 heteroatoms. The maximum Gasteiger partial charge on any atom is 0.163 e. The minimum absolute atomic E-state index is 0.372. The average molecular weight is 509 g/mol. The Balaban J connectivity index is 2.22. The van der Waals surface area contributed by atoms with E-state index in [4.69, 9.17) is 20.4 Å². The zero-order valence-corrected chi connectivity index (χ0v) is 22.1. The number of thioether (sulfide) groups is 2. The van der Waals surface area contributed by atoms with Gasteiger partial charge in [-0.3, -0.25) is 4.99 Å². The number of anilines is 2. The molecule has 0 amide bonds. The number of nitrogens with two attached hydrogens (primary N) is 1. The first-order chi connectivity index (χ1) is 17.1. The summed E-state index contributed by atoms with van der Waals surface area (Å²) in [6, 6.07) is 1.88. The lowest BCUT2D eigenvalue weighted by Gasteiger charge is -2.30. The highest BCUT2D eigenvalue weighted by molar-refractivity contribution is 8.02. The molecule has 2 aromatic rings. The van der Waals surface area contributed by atoms with Crippen LogP contribution in [0.4, 0.5) is 17.3 Å². The van der Waals surface area contributed by atoms with Crippen molar-refractivity contribution in [3.8, 4) is 11.4 Å². The van der Waals surface area contributed by atoms with Crippen LogP contribution in [-0.2, 0) is 4.74 Å². The summed E-state index contributed by atoms with van der Waals surface area (Å²) < 4.78 is 5.60. The van der Waals surface area contributed by atoms with Crippen molar-refractivity contribution in [2.24, 2.45) is 4.99 Å². The highest BCUT2D eigenvalue weighted by Crippen LogP contribution is 2.38. The minimum Gasteiger partial charge on any atom is -0.382 e. The number of hydrogen-bond acceptors (Lipinski definition) is 9. The average Bonchev–Trinajstić information content (AvgIpc) is 2.88. The topological polar surface area (TPSA) is 89.5 Å². The second-order valence-corrected chi connectivity index (χ2v) is 9.41. The molecule has 35 heavy (non-hydrogen) atoms. The minimum atomic E-state index is 0.372. The molecule has 0 bridgehead atoms. The molecule has 7 nitrogen and oxygen atoms in total. The second kappa shape index (κ2) is 13.9. The van der Waals surface area contributed by atoms with Gasteiger partial charge in [0.2, 0.25) is 0 Å². The third-order valence-corrected chi connectivity index (χ3v) is 6.53. The van der Waals surface area contributed by atoms with Crippen LogP contribution in [-0.4, -0.2) is 59.5 Å². The first-order valence-corrected chi connectivity index (χ1v) is 13.6. The molecule has 0 saturated carbocycles. The number of pyridine rings is 1. The van der Waals surface area contributed by atoms with Gasteiger partial charge in [-0.15, -0.1) is 0 Å². The van der Waals surface area contributed by atoms with Crippen LogP contribution < -0.4 is 10.6 Å². The van der Waals surface area contributed by atoms with Crippen LogP contribution in [0, 0.1) is 0 Å². The summed E-state index contributed by atoms with van der Waals surface area (Å²) in [5.74, 6) is 2.79. The van der Waals surface area contributed by atoms with Crippen molar-refractivity contribution in [1.82, 2.24) is 15.0 Å². The van der Waals surface area contributed by atoms with Crippen LogP contribution in [0.3, 0.4) is 0 Å². The number of hydrogen-bond donors (Lipinski definition) is 1. The largest absolute Gasteiger partial charge is 0.382 e. The zero-order chi connectivity index (χ0) is 25.0. The highest BCUT2D eigenvalue weighted by atomic mass is 32.2. The lowest BCUT2D eigenvalue weighted by Crippen LogP contribution is -2.37. The molecule has 3 rings (SSSR count). The monoisotopic (exact) mass is 508 g/mol. The Morgan fingerprint density at radius 1 is 1.29 bits per heavy atom. The van der Waals surface area contributed by atoms with Crippen LogP contribution in [0.15, 0.2) is 64.5 Å². The quantitative estimate of drug-likeness (QED) is 0.245. The Morgan fingerprint density at radius 2 is 2.09 bits per heavy atom. The van der Waals surface area contributed by atoms with Crippen molar-refractivity contribution < 1.29 is 4.74 Å². The Hall–Kier alpha value is -2.88. The lowest BCUT2D eigenvalue weighted by atomic mass is 10.1. The molecule has 0 spiro atoms. The van der Waals surface area contributed by atoms with Gasteiger partial charge in [0.15, 0.2) is 5.82 Å². The molecular weight excluding hydrogens is 476 g/mol. The molecule has 0 atom stereocenters. The summed E-state index contributed by atoms with van der Waals surface area (Å²) in [4.78, 5) is 22.0. The molecule has 0 radical (unpaired) electrons. The van der Waals surface area contributed by atoms with E-state index in [1.54, 1.807) is 42.0 Å². The number of rotatable bonds is 10. The van der Waals surface area contributed by atoms with E-state index in [2.05, 4.69) is 52.9 Å². The van der Waals surface area contributed by atoms with Crippen molar-refractivity contribution in [3.63, 3.8) is 0 Å². The van der Waals surface area contributed by atoms with Crippen LogP contribution in [0.1, 0.15) is 19.5 Å². The van der Waals surface area contributed by atoms with Gasteiger partial charge in [0.1, 0.15) is 17.3 Å². The molecule has 3 heterocycles. The van der Waals surface area contributed by atoms with Crippen LogP contribution in [0.5, 0.6) is 0 Å². The molecule has 2 aromatic heterocycles. The van der Waals surface area contributed by atoms with Gasteiger partial charge in [0.05, 0.1) is 23.8 Å². The number of aromatic nitrogens is 3. The Morgan fingerprint density at radius 3 is 2.80 bits per heavy atom. The molecule has 1 fully saturated rings. The first kappa shape index (κ1) is 26.7. The number of ether oxygens (including phenoxy) is 1. The molecule has 1 aliphatic heterocycles. The van der Waals surface area contributed by atoms with Crippen molar-refractivity contribution in [3.05, 3.63) is 60.3 Å². The summed E-state index contributed by atoms with van der Waals surface area (Å²) in [7, 11) is 0. The highest BCUT2D eigenvalue weighted by Gasteiger charge is 2.23. The summed E-state index contributed by atoms with van der Waals surface area (Å²) in [5, 5.41) is 2.01. The zero-order valence-electron chi connectivity index (χ0n) is 20.5. The Bertz CT molecular complexity index is 1140. The van der Waals surface area contributed by atoms with E-state index in [1.165, 1.54) is 0 Å². The number of nitrogens with zero attached hydrogens (tertiary/aromatic N) is 5. The van der Waals surface area contributed by atoms with Crippen LogP contribution in [0.25, 0.3) is 17.0 Å². The molecule has 184 valence electrons. The summed E-state index contributed by atoms with van der Waals surface area (Å²) >= 11 is 3.38. The Kier molecular flexibility index (Phi) is 10.6. The Labute approximate surface area is 216 Å². The maximum atomic E-state index is 6.02. The predicted molar refractivity (Wildman–Crippen MR) is 153 cm³/mol.